The van der Waals surface area contributed by atoms with Crippen LogP contribution in [0.15, 0.2) is 42.6 Å². The molecule has 1 aromatic carbocycles. The number of aliphatic hydroxyl groups excluding tert-OH is 1. The van der Waals surface area contributed by atoms with E-state index < -0.39 is 6.10 Å². The van der Waals surface area contributed by atoms with Gasteiger partial charge >= 0.3 is 0 Å². The van der Waals surface area contributed by atoms with E-state index in [2.05, 4.69) is 38.7 Å². The number of carbonyl (C=O) groups is 2. The fourth-order valence-corrected chi connectivity index (χ4v) is 3.56. The van der Waals surface area contributed by atoms with Crippen LogP contribution in [0.1, 0.15) is 28.4 Å². The number of aromatic nitrogens is 1. The molecule has 0 saturated carbocycles. The maximum Gasteiger partial charge on any atom is 0.251 e. The van der Waals surface area contributed by atoms with E-state index in [-0.39, 0.29) is 18.4 Å². The Labute approximate surface area is 183 Å². The van der Waals surface area contributed by atoms with E-state index in [4.69, 9.17) is 0 Å². The minimum absolute atomic E-state index is 0.00444. The molecular formula is C23H31N5O3. The second-order valence-corrected chi connectivity index (χ2v) is 7.91. The second kappa shape index (κ2) is 10.9. The van der Waals surface area contributed by atoms with E-state index >= 15 is 0 Å². The van der Waals surface area contributed by atoms with Gasteiger partial charge in [0.15, 0.2) is 0 Å². The van der Waals surface area contributed by atoms with Crippen LogP contribution < -0.4 is 10.6 Å². The third-order valence-electron chi connectivity index (χ3n) is 5.49. The van der Waals surface area contributed by atoms with Gasteiger partial charge in [0, 0.05) is 65.0 Å². The van der Waals surface area contributed by atoms with Crippen molar-refractivity contribution in [2.75, 3.05) is 45.1 Å². The van der Waals surface area contributed by atoms with E-state index in [1.807, 2.05) is 6.07 Å². The number of hydrogen-bond donors (Lipinski definition) is 3. The first-order chi connectivity index (χ1) is 14.9. The van der Waals surface area contributed by atoms with Crippen molar-refractivity contribution in [1.82, 2.24) is 20.1 Å². The van der Waals surface area contributed by atoms with Crippen LogP contribution in [0, 0.1) is 0 Å². The lowest BCUT2D eigenvalue weighted by Crippen LogP contribution is -2.42. The number of benzene rings is 1. The van der Waals surface area contributed by atoms with E-state index in [0.717, 1.165) is 19.5 Å². The summed E-state index contributed by atoms with van der Waals surface area (Å²) >= 11 is 0. The van der Waals surface area contributed by atoms with Crippen molar-refractivity contribution in [1.29, 1.82) is 0 Å². The van der Waals surface area contributed by atoms with Crippen LogP contribution in [-0.2, 0) is 17.8 Å². The Bertz CT molecular complexity index is 904. The quantitative estimate of drug-likeness (QED) is 0.557. The van der Waals surface area contributed by atoms with Gasteiger partial charge in [0.2, 0.25) is 5.91 Å². The molecule has 2 aromatic rings. The normalized spacial score (nSPS) is 14.4. The number of likely N-dealkylation sites (N-methyl/N-ethyl adjacent to an activating group) is 1. The van der Waals surface area contributed by atoms with Crippen LogP contribution in [-0.4, -0.2) is 77.6 Å². The molecule has 3 rings (SSSR count). The van der Waals surface area contributed by atoms with Gasteiger partial charge in [-0.2, -0.15) is 0 Å². The molecule has 8 nitrogen and oxygen atoms in total. The standard InChI is InChI=1S/C23H31N5O3/c1-17(29)27(2)12-10-25-22-13-19(7-9-24-22)23(31)26-14-21(30)16-28-11-8-18-5-3-4-6-20(18)15-28/h3-7,9,13,21,30H,8,10-12,14-16H2,1-2H3,(H,24,25)(H,26,31). The zero-order chi connectivity index (χ0) is 22.2. The van der Waals surface area contributed by atoms with Gasteiger partial charge in [-0.3, -0.25) is 14.5 Å². The van der Waals surface area contributed by atoms with Gasteiger partial charge in [0.25, 0.3) is 5.91 Å². The average molecular weight is 426 g/mol. The van der Waals surface area contributed by atoms with Crippen molar-refractivity contribution < 1.29 is 14.7 Å². The van der Waals surface area contributed by atoms with Crippen molar-refractivity contribution in [2.24, 2.45) is 0 Å². The number of aliphatic hydroxyl groups is 1. The highest BCUT2D eigenvalue weighted by atomic mass is 16.3. The lowest BCUT2D eigenvalue weighted by atomic mass is 10.00. The zero-order valence-electron chi connectivity index (χ0n) is 18.2. The summed E-state index contributed by atoms with van der Waals surface area (Å²) in [7, 11) is 1.73. The maximum absolute atomic E-state index is 12.5. The highest BCUT2D eigenvalue weighted by molar-refractivity contribution is 5.94. The van der Waals surface area contributed by atoms with Gasteiger partial charge in [-0.05, 0) is 29.7 Å². The molecule has 166 valence electrons. The molecule has 0 saturated heterocycles. The summed E-state index contributed by atoms with van der Waals surface area (Å²) < 4.78 is 0. The Balaban J connectivity index is 1.43. The minimum atomic E-state index is -0.643. The summed E-state index contributed by atoms with van der Waals surface area (Å²) in [6.45, 7) is 5.01. The Hall–Kier alpha value is -2.97. The molecule has 8 heteroatoms. The number of nitrogens with zero attached hydrogens (tertiary/aromatic N) is 3. The number of carbonyl (C=O) groups excluding carboxylic acids is 2. The molecular weight excluding hydrogens is 394 g/mol. The predicted octanol–water partition coefficient (Wildman–Crippen LogP) is 1.12. The summed E-state index contributed by atoms with van der Waals surface area (Å²) in [6.07, 6.45) is 1.90. The van der Waals surface area contributed by atoms with Gasteiger partial charge in [-0.15, -0.1) is 0 Å². The van der Waals surface area contributed by atoms with Crippen molar-refractivity contribution in [3.05, 3.63) is 59.3 Å². The molecule has 1 atom stereocenters. The maximum atomic E-state index is 12.5. The molecule has 1 unspecified atom stereocenters. The van der Waals surface area contributed by atoms with Crippen LogP contribution in [0.3, 0.4) is 0 Å². The fraction of sp³-hybridized carbons (Fsp3) is 0.435. The van der Waals surface area contributed by atoms with Crippen LogP contribution >= 0.6 is 0 Å². The van der Waals surface area contributed by atoms with Crippen molar-refractivity contribution in [3.8, 4) is 0 Å². The number of β-amino-alcohol motifs (C(OH)–C–C–N with tert-alkyl or cyclic N) is 1. The lowest BCUT2D eigenvalue weighted by Gasteiger charge is -2.30. The van der Waals surface area contributed by atoms with Gasteiger partial charge in [0.1, 0.15) is 5.82 Å². The number of rotatable bonds is 9. The highest BCUT2D eigenvalue weighted by Crippen LogP contribution is 2.18. The first kappa shape index (κ1) is 22.7. The number of hydrogen-bond acceptors (Lipinski definition) is 6. The monoisotopic (exact) mass is 425 g/mol. The molecule has 2 amide bonds. The number of amides is 2. The summed E-state index contributed by atoms with van der Waals surface area (Å²) in [5, 5.41) is 16.3. The van der Waals surface area contributed by atoms with Crippen molar-refractivity contribution in [2.45, 2.75) is 26.0 Å². The average Bonchev–Trinajstić information content (AvgIpc) is 2.77. The van der Waals surface area contributed by atoms with Crippen LogP contribution in [0.25, 0.3) is 0 Å². The number of nitrogens with one attached hydrogen (secondary N) is 2. The summed E-state index contributed by atoms with van der Waals surface area (Å²) in [5.74, 6) is 0.307. The van der Waals surface area contributed by atoms with Crippen molar-refractivity contribution in [3.63, 3.8) is 0 Å². The van der Waals surface area contributed by atoms with E-state index in [1.165, 1.54) is 18.1 Å². The van der Waals surface area contributed by atoms with Crippen LogP contribution in [0.4, 0.5) is 5.82 Å². The number of pyridine rings is 1. The predicted molar refractivity (Wildman–Crippen MR) is 120 cm³/mol. The Morgan fingerprint density at radius 1 is 1.26 bits per heavy atom. The lowest BCUT2D eigenvalue weighted by molar-refractivity contribution is -0.127. The van der Waals surface area contributed by atoms with Crippen molar-refractivity contribution >= 4 is 17.6 Å². The smallest absolute Gasteiger partial charge is 0.251 e. The Morgan fingerprint density at radius 3 is 2.81 bits per heavy atom. The van der Waals surface area contributed by atoms with Crippen LogP contribution in [0.2, 0.25) is 0 Å². The van der Waals surface area contributed by atoms with Gasteiger partial charge in [-0.1, -0.05) is 24.3 Å². The van der Waals surface area contributed by atoms with Gasteiger partial charge in [0.05, 0.1) is 6.10 Å². The summed E-state index contributed by atoms with van der Waals surface area (Å²) in [5.41, 5.74) is 3.14. The fourth-order valence-electron chi connectivity index (χ4n) is 3.56. The molecule has 1 aliphatic rings. The molecule has 0 fully saturated rings. The Kier molecular flexibility index (Phi) is 7.97. The molecule has 3 N–H and O–H groups in total. The highest BCUT2D eigenvalue weighted by Gasteiger charge is 2.19. The SMILES string of the molecule is CC(=O)N(C)CCNc1cc(C(=O)NCC(O)CN2CCc3ccccc3C2)ccn1. The molecule has 1 aromatic heterocycles. The summed E-state index contributed by atoms with van der Waals surface area (Å²) in [4.78, 5) is 31.7. The first-order valence-electron chi connectivity index (χ1n) is 10.6. The topological polar surface area (TPSA) is 97.8 Å². The number of fused-ring (bicyclic) bond motifs is 1. The van der Waals surface area contributed by atoms with Gasteiger partial charge < -0.3 is 20.6 Å². The first-order valence-corrected chi connectivity index (χ1v) is 10.6. The molecule has 0 bridgehead atoms. The molecule has 0 radical (unpaired) electrons. The number of anilines is 1. The summed E-state index contributed by atoms with van der Waals surface area (Å²) in [6, 6.07) is 11.7. The molecule has 1 aliphatic heterocycles. The third kappa shape index (κ3) is 6.77. The minimum Gasteiger partial charge on any atom is -0.390 e. The third-order valence-corrected chi connectivity index (χ3v) is 5.49. The Morgan fingerprint density at radius 2 is 2.03 bits per heavy atom. The molecule has 0 aliphatic carbocycles. The molecule has 2 heterocycles. The molecule has 31 heavy (non-hydrogen) atoms. The largest absolute Gasteiger partial charge is 0.390 e. The van der Waals surface area contributed by atoms with E-state index in [1.54, 1.807) is 30.3 Å². The van der Waals surface area contributed by atoms with E-state index in [9.17, 15) is 14.7 Å². The zero-order valence-corrected chi connectivity index (χ0v) is 18.2. The van der Waals surface area contributed by atoms with E-state index in [0.29, 0.717) is 31.0 Å². The van der Waals surface area contributed by atoms with Gasteiger partial charge in [-0.25, -0.2) is 4.98 Å². The molecule has 0 spiro atoms. The second-order valence-electron chi connectivity index (χ2n) is 7.91. The van der Waals surface area contributed by atoms with Crippen LogP contribution in [0.5, 0.6) is 0 Å².